The average molecular weight is 270 g/mol. The first kappa shape index (κ1) is 12.3. The van der Waals surface area contributed by atoms with Crippen LogP contribution in [0.25, 0.3) is 11.4 Å². The molecule has 4 nitrogen and oxygen atoms in total. The van der Waals surface area contributed by atoms with Crippen LogP contribution in [0.1, 0.15) is 5.89 Å². The summed E-state index contributed by atoms with van der Waals surface area (Å²) in [5.74, 6) is 0.520. The molecule has 0 bridgehead atoms. The largest absolute Gasteiger partial charge is 0.481 e. The van der Waals surface area contributed by atoms with Crippen molar-refractivity contribution in [3.05, 3.63) is 66.3 Å². The average Bonchev–Trinajstić information content (AvgIpc) is 2.96. The van der Waals surface area contributed by atoms with Crippen LogP contribution in [-0.4, -0.2) is 10.1 Å². The van der Waals surface area contributed by atoms with Crippen molar-refractivity contribution in [1.29, 1.82) is 0 Å². The van der Waals surface area contributed by atoms with Crippen molar-refractivity contribution in [3.8, 4) is 17.1 Å². The number of benzene rings is 2. The highest BCUT2D eigenvalue weighted by Gasteiger charge is 2.09. The Morgan fingerprint density at radius 1 is 1.00 bits per heavy atom. The molecule has 0 amide bonds. The van der Waals surface area contributed by atoms with Gasteiger partial charge in [0.05, 0.1) is 0 Å². The lowest BCUT2D eigenvalue weighted by atomic mass is 10.2. The van der Waals surface area contributed by atoms with Crippen molar-refractivity contribution >= 4 is 0 Å². The normalized spacial score (nSPS) is 10.4. The van der Waals surface area contributed by atoms with Crippen molar-refractivity contribution in [1.82, 2.24) is 10.1 Å². The molecule has 0 radical (unpaired) electrons. The van der Waals surface area contributed by atoms with Crippen LogP contribution < -0.4 is 4.74 Å². The molecule has 0 saturated carbocycles. The molecule has 0 fully saturated rings. The molecular formula is C15H11FN2O2. The minimum atomic E-state index is -0.421. The molecule has 0 aliphatic heterocycles. The third kappa shape index (κ3) is 2.66. The topological polar surface area (TPSA) is 48.2 Å². The lowest BCUT2D eigenvalue weighted by molar-refractivity contribution is 0.234. The maximum atomic E-state index is 13.4. The summed E-state index contributed by atoms with van der Waals surface area (Å²) in [7, 11) is 0. The molecule has 0 saturated heterocycles. The molecule has 20 heavy (non-hydrogen) atoms. The van der Waals surface area contributed by atoms with E-state index in [9.17, 15) is 4.39 Å². The van der Waals surface area contributed by atoms with Crippen molar-refractivity contribution in [2.24, 2.45) is 0 Å². The molecule has 0 aliphatic carbocycles. The van der Waals surface area contributed by atoms with Crippen molar-refractivity contribution in [2.45, 2.75) is 6.61 Å². The lowest BCUT2D eigenvalue weighted by Gasteiger charge is -2.03. The van der Waals surface area contributed by atoms with Crippen molar-refractivity contribution < 1.29 is 13.7 Å². The van der Waals surface area contributed by atoms with Gasteiger partial charge >= 0.3 is 0 Å². The maximum absolute atomic E-state index is 13.4. The fraction of sp³-hybridized carbons (Fsp3) is 0.0667. The van der Waals surface area contributed by atoms with Crippen LogP contribution >= 0.6 is 0 Å². The standard InChI is InChI=1S/C15H11FN2O2/c16-12-8-4-5-9-13(12)19-10-14-17-15(18-20-14)11-6-2-1-3-7-11/h1-9H,10H2. The zero-order valence-corrected chi connectivity index (χ0v) is 10.5. The monoisotopic (exact) mass is 270 g/mol. The minimum Gasteiger partial charge on any atom is -0.481 e. The van der Waals surface area contributed by atoms with Crippen LogP contribution in [0.15, 0.2) is 59.1 Å². The highest BCUT2D eigenvalue weighted by molar-refractivity contribution is 5.53. The molecule has 1 aromatic heterocycles. The second-order valence-corrected chi connectivity index (χ2v) is 4.10. The quantitative estimate of drug-likeness (QED) is 0.728. The molecule has 0 spiro atoms. The second-order valence-electron chi connectivity index (χ2n) is 4.10. The summed E-state index contributed by atoms with van der Waals surface area (Å²) in [4.78, 5) is 4.20. The fourth-order valence-corrected chi connectivity index (χ4v) is 1.72. The Morgan fingerprint density at radius 2 is 1.75 bits per heavy atom. The highest BCUT2D eigenvalue weighted by atomic mass is 19.1. The molecule has 0 aliphatic rings. The number of hydrogen-bond donors (Lipinski definition) is 0. The van der Waals surface area contributed by atoms with Gasteiger partial charge in [-0.15, -0.1) is 0 Å². The first-order chi connectivity index (χ1) is 9.83. The van der Waals surface area contributed by atoms with Crippen LogP contribution in [0.2, 0.25) is 0 Å². The van der Waals surface area contributed by atoms with Gasteiger partial charge in [0, 0.05) is 5.56 Å². The summed E-state index contributed by atoms with van der Waals surface area (Å²) in [6.07, 6.45) is 0. The van der Waals surface area contributed by atoms with Gasteiger partial charge < -0.3 is 9.26 Å². The number of hydrogen-bond acceptors (Lipinski definition) is 4. The number of rotatable bonds is 4. The van der Waals surface area contributed by atoms with E-state index in [1.165, 1.54) is 6.07 Å². The predicted octanol–water partition coefficient (Wildman–Crippen LogP) is 3.45. The number of ether oxygens (including phenoxy) is 1. The molecule has 0 atom stereocenters. The lowest BCUT2D eigenvalue weighted by Crippen LogP contribution is -1.97. The van der Waals surface area contributed by atoms with E-state index in [4.69, 9.17) is 9.26 Å². The van der Waals surface area contributed by atoms with E-state index in [-0.39, 0.29) is 12.4 Å². The van der Waals surface area contributed by atoms with E-state index in [0.717, 1.165) is 5.56 Å². The van der Waals surface area contributed by atoms with Crippen LogP contribution in [0.3, 0.4) is 0 Å². The molecule has 1 heterocycles. The first-order valence-electron chi connectivity index (χ1n) is 6.08. The van der Waals surface area contributed by atoms with Gasteiger partial charge in [-0.1, -0.05) is 47.6 Å². The Bertz CT molecular complexity index is 698. The Balaban J connectivity index is 1.71. The third-order valence-electron chi connectivity index (χ3n) is 2.69. The van der Waals surface area contributed by atoms with Crippen LogP contribution in [-0.2, 0) is 6.61 Å². The van der Waals surface area contributed by atoms with Crippen LogP contribution in [0.4, 0.5) is 4.39 Å². The molecule has 100 valence electrons. The Kier molecular flexibility index (Phi) is 3.41. The van der Waals surface area contributed by atoms with Gasteiger partial charge in [-0.2, -0.15) is 4.98 Å². The molecule has 5 heteroatoms. The third-order valence-corrected chi connectivity index (χ3v) is 2.69. The smallest absolute Gasteiger partial charge is 0.264 e. The molecular weight excluding hydrogens is 259 g/mol. The number of nitrogens with zero attached hydrogens (tertiary/aromatic N) is 2. The molecule has 3 aromatic rings. The Morgan fingerprint density at radius 3 is 2.55 bits per heavy atom. The summed E-state index contributed by atoms with van der Waals surface area (Å²) in [6, 6.07) is 15.6. The predicted molar refractivity (Wildman–Crippen MR) is 70.5 cm³/mol. The number of para-hydroxylation sites is 1. The van der Waals surface area contributed by atoms with Crippen molar-refractivity contribution in [2.75, 3.05) is 0 Å². The second kappa shape index (κ2) is 5.52. The van der Waals surface area contributed by atoms with Crippen LogP contribution in [0.5, 0.6) is 5.75 Å². The molecule has 0 unspecified atom stereocenters. The Hall–Kier alpha value is -2.69. The van der Waals surface area contributed by atoms with Gasteiger partial charge in [0.15, 0.2) is 18.2 Å². The minimum absolute atomic E-state index is 0.0285. The van der Waals surface area contributed by atoms with Gasteiger partial charge in [0.1, 0.15) is 0 Å². The summed E-state index contributed by atoms with van der Waals surface area (Å²) in [5, 5.41) is 3.86. The summed E-state index contributed by atoms with van der Waals surface area (Å²) < 4.78 is 23.7. The molecule has 2 aromatic carbocycles. The van der Waals surface area contributed by atoms with E-state index >= 15 is 0 Å². The highest BCUT2D eigenvalue weighted by Crippen LogP contribution is 2.18. The first-order valence-corrected chi connectivity index (χ1v) is 6.08. The summed E-state index contributed by atoms with van der Waals surface area (Å²) in [5.41, 5.74) is 0.855. The zero-order valence-electron chi connectivity index (χ0n) is 10.5. The maximum Gasteiger partial charge on any atom is 0.264 e. The molecule has 3 rings (SSSR count). The van der Waals surface area contributed by atoms with Crippen LogP contribution in [0, 0.1) is 5.82 Å². The van der Waals surface area contributed by atoms with E-state index in [2.05, 4.69) is 10.1 Å². The summed E-state index contributed by atoms with van der Waals surface area (Å²) in [6.45, 7) is 0.0285. The number of halogens is 1. The van der Waals surface area contributed by atoms with Gasteiger partial charge in [0.25, 0.3) is 5.89 Å². The fourth-order valence-electron chi connectivity index (χ4n) is 1.72. The van der Waals surface area contributed by atoms with E-state index in [1.54, 1.807) is 18.2 Å². The van der Waals surface area contributed by atoms with Gasteiger partial charge in [-0.3, -0.25) is 0 Å². The van der Waals surface area contributed by atoms with E-state index in [1.807, 2.05) is 30.3 Å². The Labute approximate surface area is 114 Å². The number of aromatic nitrogens is 2. The van der Waals surface area contributed by atoms with Gasteiger partial charge in [-0.05, 0) is 12.1 Å². The summed E-state index contributed by atoms with van der Waals surface area (Å²) >= 11 is 0. The molecule has 0 N–H and O–H groups in total. The zero-order chi connectivity index (χ0) is 13.8. The van der Waals surface area contributed by atoms with Gasteiger partial charge in [0.2, 0.25) is 5.82 Å². The van der Waals surface area contributed by atoms with E-state index < -0.39 is 5.82 Å². The van der Waals surface area contributed by atoms with Gasteiger partial charge in [-0.25, -0.2) is 4.39 Å². The van der Waals surface area contributed by atoms with E-state index in [0.29, 0.717) is 11.7 Å². The SMILES string of the molecule is Fc1ccccc1OCc1nc(-c2ccccc2)no1. The van der Waals surface area contributed by atoms with Crippen molar-refractivity contribution in [3.63, 3.8) is 0 Å².